The highest BCUT2D eigenvalue weighted by atomic mass is 32.1. The van der Waals surface area contributed by atoms with Crippen molar-refractivity contribution in [2.45, 2.75) is 0 Å². The van der Waals surface area contributed by atoms with Crippen LogP contribution in [0.5, 0.6) is 0 Å². The standard InChI is InChI=1S/C6H3NO2S2/c8-6(9)4-1-2-11-5(4)7-3-10/h1-2H,(H,8,9). The highest BCUT2D eigenvalue weighted by Crippen LogP contribution is 2.25. The molecule has 11 heavy (non-hydrogen) atoms. The van der Waals surface area contributed by atoms with E-state index >= 15 is 0 Å². The van der Waals surface area contributed by atoms with E-state index in [0.717, 1.165) is 0 Å². The van der Waals surface area contributed by atoms with Crippen LogP contribution in [-0.4, -0.2) is 16.2 Å². The van der Waals surface area contributed by atoms with Crippen LogP contribution >= 0.6 is 23.6 Å². The number of nitrogens with zero attached hydrogens (tertiary/aromatic N) is 1. The summed E-state index contributed by atoms with van der Waals surface area (Å²) in [6, 6.07) is 1.48. The monoisotopic (exact) mass is 185 g/mol. The summed E-state index contributed by atoms with van der Waals surface area (Å²) in [5.41, 5.74) is 0.173. The van der Waals surface area contributed by atoms with Crippen molar-refractivity contribution in [3.63, 3.8) is 0 Å². The Labute approximate surface area is 72.0 Å². The summed E-state index contributed by atoms with van der Waals surface area (Å²) >= 11 is 5.57. The molecule has 0 radical (unpaired) electrons. The van der Waals surface area contributed by atoms with Gasteiger partial charge in [-0.05, 0) is 23.7 Å². The van der Waals surface area contributed by atoms with E-state index in [9.17, 15) is 4.79 Å². The van der Waals surface area contributed by atoms with Crippen LogP contribution in [0.15, 0.2) is 16.4 Å². The minimum absolute atomic E-state index is 0.173. The molecular weight excluding hydrogens is 182 g/mol. The van der Waals surface area contributed by atoms with E-state index in [1.54, 1.807) is 5.38 Å². The van der Waals surface area contributed by atoms with Gasteiger partial charge in [0.2, 0.25) is 0 Å². The van der Waals surface area contributed by atoms with E-state index in [1.165, 1.54) is 17.4 Å². The van der Waals surface area contributed by atoms with Crippen LogP contribution in [-0.2, 0) is 0 Å². The molecule has 0 aliphatic carbocycles. The molecule has 0 spiro atoms. The fraction of sp³-hybridized carbons (Fsp3) is 0. The lowest BCUT2D eigenvalue weighted by Gasteiger charge is -1.86. The summed E-state index contributed by atoms with van der Waals surface area (Å²) in [5.74, 6) is -0.991. The van der Waals surface area contributed by atoms with Gasteiger partial charge in [0.25, 0.3) is 0 Å². The van der Waals surface area contributed by atoms with E-state index < -0.39 is 5.97 Å². The summed E-state index contributed by atoms with van der Waals surface area (Å²) < 4.78 is 0. The summed E-state index contributed by atoms with van der Waals surface area (Å²) in [6.07, 6.45) is 0. The van der Waals surface area contributed by atoms with Crippen molar-refractivity contribution in [2.75, 3.05) is 0 Å². The molecule has 56 valence electrons. The zero-order valence-electron chi connectivity index (χ0n) is 5.27. The molecule has 1 aromatic heterocycles. The Balaban J connectivity index is 3.15. The number of hydrogen-bond donors (Lipinski definition) is 1. The molecule has 0 aromatic carbocycles. The van der Waals surface area contributed by atoms with Crippen LogP contribution in [0.1, 0.15) is 10.4 Å². The lowest BCUT2D eigenvalue weighted by atomic mass is 10.3. The average Bonchev–Trinajstić information content (AvgIpc) is 2.36. The first-order valence-corrected chi connectivity index (χ1v) is 3.93. The maximum atomic E-state index is 10.4. The maximum absolute atomic E-state index is 10.4. The zero-order chi connectivity index (χ0) is 8.27. The quantitative estimate of drug-likeness (QED) is 0.567. The van der Waals surface area contributed by atoms with Gasteiger partial charge in [0.15, 0.2) is 0 Å². The largest absolute Gasteiger partial charge is 0.478 e. The van der Waals surface area contributed by atoms with Gasteiger partial charge in [-0.3, -0.25) is 0 Å². The lowest BCUT2D eigenvalue weighted by Crippen LogP contribution is -1.92. The SMILES string of the molecule is O=C(O)c1ccsc1N=C=S. The number of thiophene rings is 1. The predicted molar refractivity (Wildman–Crippen MR) is 46.0 cm³/mol. The number of rotatable bonds is 2. The van der Waals surface area contributed by atoms with Gasteiger partial charge in [0.05, 0.1) is 10.7 Å². The molecule has 0 atom stereocenters. The molecule has 0 saturated carbocycles. The number of carboxylic acids is 1. The highest BCUT2D eigenvalue weighted by Gasteiger charge is 2.09. The van der Waals surface area contributed by atoms with Crippen LogP contribution < -0.4 is 0 Å². The number of thiocarbonyl (C=S) groups is 1. The number of hydrogen-bond acceptors (Lipinski definition) is 4. The molecular formula is C6H3NO2S2. The van der Waals surface area contributed by atoms with E-state index in [1.807, 2.05) is 0 Å². The molecule has 0 saturated heterocycles. The molecule has 0 unspecified atom stereocenters. The van der Waals surface area contributed by atoms with Gasteiger partial charge >= 0.3 is 5.97 Å². The lowest BCUT2D eigenvalue weighted by molar-refractivity contribution is 0.0698. The van der Waals surface area contributed by atoms with E-state index in [0.29, 0.717) is 5.00 Å². The van der Waals surface area contributed by atoms with E-state index in [-0.39, 0.29) is 5.56 Å². The predicted octanol–water partition coefficient (Wildman–Crippen LogP) is 2.18. The van der Waals surface area contributed by atoms with Gasteiger partial charge in [-0.2, -0.15) is 4.99 Å². The molecule has 5 heteroatoms. The van der Waals surface area contributed by atoms with Crippen molar-refractivity contribution in [3.8, 4) is 0 Å². The average molecular weight is 185 g/mol. The Bertz CT molecular complexity index is 309. The van der Waals surface area contributed by atoms with E-state index in [4.69, 9.17) is 5.11 Å². The summed E-state index contributed by atoms with van der Waals surface area (Å²) in [4.78, 5) is 14.0. The highest BCUT2D eigenvalue weighted by molar-refractivity contribution is 7.78. The van der Waals surface area contributed by atoms with Crippen LogP contribution in [0.2, 0.25) is 0 Å². The minimum Gasteiger partial charge on any atom is -0.478 e. The maximum Gasteiger partial charge on any atom is 0.338 e. The molecule has 0 aliphatic heterocycles. The first-order valence-electron chi connectivity index (χ1n) is 2.64. The summed E-state index contributed by atoms with van der Waals surface area (Å²) in [5, 5.41) is 12.7. The molecule has 1 N–H and O–H groups in total. The van der Waals surface area contributed by atoms with Crippen LogP contribution in [0.25, 0.3) is 0 Å². The first kappa shape index (κ1) is 8.07. The smallest absolute Gasteiger partial charge is 0.338 e. The van der Waals surface area contributed by atoms with Crippen LogP contribution in [0.3, 0.4) is 0 Å². The number of carboxylic acid groups (broad SMARTS) is 1. The van der Waals surface area contributed by atoms with E-state index in [2.05, 4.69) is 22.4 Å². The normalized spacial score (nSPS) is 8.73. The second-order valence-corrected chi connectivity index (χ2v) is 2.72. The number of carbonyl (C=O) groups is 1. The van der Waals surface area contributed by atoms with Crippen molar-refractivity contribution in [3.05, 3.63) is 17.0 Å². The van der Waals surface area contributed by atoms with Crippen LogP contribution in [0, 0.1) is 0 Å². The van der Waals surface area contributed by atoms with Gasteiger partial charge in [-0.1, -0.05) is 0 Å². The minimum atomic E-state index is -0.991. The van der Waals surface area contributed by atoms with Gasteiger partial charge in [-0.25, -0.2) is 4.79 Å². The Morgan fingerprint density at radius 3 is 3.09 bits per heavy atom. The second kappa shape index (κ2) is 3.39. The molecule has 0 bridgehead atoms. The fourth-order valence-electron chi connectivity index (χ4n) is 0.592. The molecule has 1 aromatic rings. The Morgan fingerprint density at radius 2 is 2.55 bits per heavy atom. The molecule has 0 amide bonds. The third-order valence-corrected chi connectivity index (χ3v) is 1.92. The Hall–Kier alpha value is -1.03. The van der Waals surface area contributed by atoms with Crippen LogP contribution in [0.4, 0.5) is 5.00 Å². The Kier molecular flexibility index (Phi) is 2.48. The molecule has 1 rings (SSSR count). The fourth-order valence-corrected chi connectivity index (χ4v) is 1.45. The molecule has 1 heterocycles. The molecule has 0 fully saturated rings. The zero-order valence-corrected chi connectivity index (χ0v) is 6.91. The third-order valence-electron chi connectivity index (χ3n) is 1.02. The molecule has 3 nitrogen and oxygen atoms in total. The topological polar surface area (TPSA) is 49.7 Å². The summed E-state index contributed by atoms with van der Waals surface area (Å²) in [7, 11) is 0. The van der Waals surface area contributed by atoms with Gasteiger partial charge < -0.3 is 5.11 Å². The van der Waals surface area contributed by atoms with Gasteiger partial charge in [0.1, 0.15) is 5.00 Å². The van der Waals surface area contributed by atoms with Crippen molar-refractivity contribution in [1.29, 1.82) is 0 Å². The van der Waals surface area contributed by atoms with Crippen molar-refractivity contribution >= 4 is 39.7 Å². The second-order valence-electron chi connectivity index (χ2n) is 1.65. The molecule has 0 aliphatic rings. The summed E-state index contributed by atoms with van der Waals surface area (Å²) in [6.45, 7) is 0. The number of isothiocyanates is 1. The first-order chi connectivity index (χ1) is 5.25. The van der Waals surface area contributed by atoms with Crippen molar-refractivity contribution in [1.82, 2.24) is 0 Å². The number of aromatic carboxylic acids is 1. The van der Waals surface area contributed by atoms with Gasteiger partial charge in [0, 0.05) is 0 Å². The van der Waals surface area contributed by atoms with Gasteiger partial charge in [-0.15, -0.1) is 11.3 Å². The third kappa shape index (κ3) is 1.71. The number of aliphatic imine (C=N–C) groups is 1. The van der Waals surface area contributed by atoms with Crippen molar-refractivity contribution < 1.29 is 9.90 Å². The Morgan fingerprint density at radius 1 is 1.82 bits per heavy atom. The van der Waals surface area contributed by atoms with Crippen molar-refractivity contribution in [2.24, 2.45) is 4.99 Å².